The Kier molecular flexibility index (Phi) is 6.46. The Labute approximate surface area is 140 Å². The van der Waals surface area contributed by atoms with Crippen LogP contribution in [0.3, 0.4) is 0 Å². The Balaban J connectivity index is 1.85. The highest BCUT2D eigenvalue weighted by atomic mass is 16.5. The van der Waals surface area contributed by atoms with Crippen molar-refractivity contribution in [1.29, 1.82) is 0 Å². The first-order valence-electron chi connectivity index (χ1n) is 8.79. The number of hydrogen-bond acceptors (Lipinski definition) is 2. The van der Waals surface area contributed by atoms with Gasteiger partial charge in [-0.15, -0.1) is 0 Å². The van der Waals surface area contributed by atoms with Crippen molar-refractivity contribution in [3.63, 3.8) is 0 Å². The molecular weight excluding hydrogens is 288 g/mol. The second-order valence-corrected chi connectivity index (χ2v) is 7.05. The van der Waals surface area contributed by atoms with Crippen LogP contribution < -0.4 is 15.4 Å². The predicted molar refractivity (Wildman–Crippen MR) is 93.6 cm³/mol. The van der Waals surface area contributed by atoms with Crippen LogP contribution in [0.2, 0.25) is 0 Å². The van der Waals surface area contributed by atoms with E-state index in [9.17, 15) is 4.79 Å². The molecule has 1 aliphatic rings. The van der Waals surface area contributed by atoms with E-state index in [1.807, 2.05) is 24.3 Å². The monoisotopic (exact) mass is 319 g/mol. The summed E-state index contributed by atoms with van der Waals surface area (Å²) in [5.74, 6) is 2.27. The molecule has 4 atom stereocenters. The van der Waals surface area contributed by atoms with Gasteiger partial charge in [0.2, 0.25) is 5.91 Å². The number of quaternary nitrogens is 1. The Hall–Kier alpha value is -1.55. The molecule has 0 saturated heterocycles. The molecule has 4 heteroatoms. The number of hydrogen-bond donors (Lipinski definition) is 2. The van der Waals surface area contributed by atoms with Gasteiger partial charge >= 0.3 is 0 Å². The molecule has 1 aliphatic carbocycles. The summed E-state index contributed by atoms with van der Waals surface area (Å²) >= 11 is 0. The van der Waals surface area contributed by atoms with E-state index in [-0.39, 0.29) is 5.91 Å². The predicted octanol–water partition coefficient (Wildman–Crippen LogP) is 2.80. The molecule has 0 heterocycles. The van der Waals surface area contributed by atoms with Gasteiger partial charge in [-0.1, -0.05) is 26.0 Å². The summed E-state index contributed by atoms with van der Waals surface area (Å²) in [6, 6.07) is 8.47. The summed E-state index contributed by atoms with van der Waals surface area (Å²) in [6.45, 7) is 6.85. The van der Waals surface area contributed by atoms with Crippen molar-refractivity contribution in [3.8, 4) is 5.75 Å². The summed E-state index contributed by atoms with van der Waals surface area (Å²) in [5, 5.41) is 5.37. The van der Waals surface area contributed by atoms with E-state index in [4.69, 9.17) is 4.74 Å². The molecule has 1 aromatic rings. The minimum atomic E-state index is 0.0507. The first kappa shape index (κ1) is 17.8. The van der Waals surface area contributed by atoms with Crippen LogP contribution in [0.25, 0.3) is 0 Å². The van der Waals surface area contributed by atoms with Gasteiger partial charge < -0.3 is 15.4 Å². The number of carbonyl (C=O) groups is 1. The summed E-state index contributed by atoms with van der Waals surface area (Å²) in [7, 11) is 1.62. The van der Waals surface area contributed by atoms with Gasteiger partial charge in [-0.3, -0.25) is 4.79 Å². The third kappa shape index (κ3) is 4.96. The number of benzene rings is 1. The third-order valence-electron chi connectivity index (χ3n) is 5.23. The van der Waals surface area contributed by atoms with E-state index in [0.29, 0.717) is 24.3 Å². The van der Waals surface area contributed by atoms with Crippen LogP contribution in [-0.4, -0.2) is 25.1 Å². The van der Waals surface area contributed by atoms with E-state index in [2.05, 4.69) is 31.4 Å². The molecular formula is C19H31N2O2+. The van der Waals surface area contributed by atoms with Crippen molar-refractivity contribution >= 4 is 11.6 Å². The van der Waals surface area contributed by atoms with Crippen LogP contribution in [0, 0.1) is 11.8 Å². The molecule has 1 fully saturated rings. The van der Waals surface area contributed by atoms with Crippen LogP contribution >= 0.6 is 0 Å². The fraction of sp³-hybridized carbons (Fsp3) is 0.632. The molecule has 0 aliphatic heterocycles. The number of rotatable bonds is 6. The van der Waals surface area contributed by atoms with Crippen molar-refractivity contribution in [2.24, 2.45) is 11.8 Å². The van der Waals surface area contributed by atoms with Gasteiger partial charge in [0.15, 0.2) is 0 Å². The fourth-order valence-corrected chi connectivity index (χ4v) is 3.63. The Morgan fingerprint density at radius 1 is 1.35 bits per heavy atom. The fourth-order valence-electron chi connectivity index (χ4n) is 3.63. The van der Waals surface area contributed by atoms with Crippen LogP contribution in [-0.2, 0) is 4.79 Å². The van der Waals surface area contributed by atoms with E-state index in [1.165, 1.54) is 19.3 Å². The van der Waals surface area contributed by atoms with E-state index in [1.54, 1.807) is 7.11 Å². The molecule has 1 amide bonds. The molecule has 0 bridgehead atoms. The Bertz CT molecular complexity index is 518. The van der Waals surface area contributed by atoms with Crippen LogP contribution in [0.4, 0.5) is 5.69 Å². The second kappa shape index (κ2) is 8.34. The van der Waals surface area contributed by atoms with Gasteiger partial charge in [0.25, 0.3) is 0 Å². The van der Waals surface area contributed by atoms with Crippen LogP contribution in [0.1, 0.15) is 46.5 Å². The van der Waals surface area contributed by atoms with Crippen LogP contribution in [0.15, 0.2) is 24.3 Å². The second-order valence-electron chi connectivity index (χ2n) is 7.05. The number of para-hydroxylation sites is 2. The van der Waals surface area contributed by atoms with Gasteiger partial charge in [0, 0.05) is 5.92 Å². The zero-order valence-electron chi connectivity index (χ0n) is 14.8. The maximum atomic E-state index is 12.3. The number of amides is 1. The number of ether oxygens (including phenoxy) is 1. The number of nitrogens with one attached hydrogen (secondary N) is 1. The first-order chi connectivity index (χ1) is 11.0. The van der Waals surface area contributed by atoms with Crippen molar-refractivity contribution < 1.29 is 14.8 Å². The smallest absolute Gasteiger partial charge is 0.230 e. The lowest BCUT2D eigenvalue weighted by atomic mass is 9.78. The quantitative estimate of drug-likeness (QED) is 0.847. The molecule has 3 N–H and O–H groups in total. The van der Waals surface area contributed by atoms with Crippen molar-refractivity contribution in [1.82, 2.24) is 0 Å². The number of anilines is 1. The van der Waals surface area contributed by atoms with E-state index < -0.39 is 0 Å². The molecule has 1 aromatic carbocycles. The van der Waals surface area contributed by atoms with Crippen molar-refractivity contribution in [2.45, 2.75) is 58.5 Å². The highest BCUT2D eigenvalue weighted by molar-refractivity contribution is 5.92. The first-order valence-corrected chi connectivity index (χ1v) is 8.79. The maximum absolute atomic E-state index is 12.3. The maximum Gasteiger partial charge on any atom is 0.230 e. The highest BCUT2D eigenvalue weighted by Crippen LogP contribution is 2.27. The van der Waals surface area contributed by atoms with Crippen molar-refractivity contribution in [3.05, 3.63) is 24.3 Å². The Morgan fingerprint density at radius 2 is 2.09 bits per heavy atom. The lowest BCUT2D eigenvalue weighted by molar-refractivity contribution is -0.726. The van der Waals surface area contributed by atoms with Gasteiger partial charge in [-0.05, 0) is 44.2 Å². The number of carbonyl (C=O) groups excluding carboxylic acids is 1. The number of methoxy groups -OCH3 is 1. The molecule has 0 aromatic heterocycles. The molecule has 4 nitrogen and oxygen atoms in total. The van der Waals surface area contributed by atoms with Crippen molar-refractivity contribution in [2.75, 3.05) is 12.4 Å². The number of nitrogens with two attached hydrogens (primary N) is 1. The molecule has 0 radical (unpaired) electrons. The topological polar surface area (TPSA) is 54.9 Å². The standard InChI is InChI=1S/C19H30N2O2/c1-13-8-7-10-16(15(13)3)20-14(2)12-19(22)21-17-9-5-6-11-18(17)23-4/h5-6,9,11,13-16,20H,7-8,10,12H2,1-4H3,(H,21,22)/p+1/t13-,14-,15+,16+/m0/s1. The van der Waals surface area contributed by atoms with Crippen LogP contribution in [0.5, 0.6) is 5.75 Å². The molecule has 0 spiro atoms. The van der Waals surface area contributed by atoms with E-state index >= 15 is 0 Å². The van der Waals surface area contributed by atoms with Gasteiger partial charge in [0.1, 0.15) is 5.75 Å². The lowest BCUT2D eigenvalue weighted by Gasteiger charge is -2.33. The average molecular weight is 319 g/mol. The largest absolute Gasteiger partial charge is 0.495 e. The van der Waals surface area contributed by atoms with E-state index in [0.717, 1.165) is 17.5 Å². The normalized spacial score (nSPS) is 25.7. The summed E-state index contributed by atoms with van der Waals surface area (Å²) < 4.78 is 5.28. The van der Waals surface area contributed by atoms with Gasteiger partial charge in [0.05, 0.1) is 31.3 Å². The lowest BCUT2D eigenvalue weighted by Crippen LogP contribution is -2.96. The molecule has 0 unspecified atom stereocenters. The summed E-state index contributed by atoms with van der Waals surface area (Å²) in [6.07, 6.45) is 4.45. The van der Waals surface area contributed by atoms with Gasteiger partial charge in [-0.2, -0.15) is 0 Å². The summed E-state index contributed by atoms with van der Waals surface area (Å²) in [5.41, 5.74) is 0.742. The molecule has 128 valence electrons. The molecule has 2 rings (SSSR count). The zero-order chi connectivity index (χ0) is 16.8. The van der Waals surface area contributed by atoms with Gasteiger partial charge in [-0.25, -0.2) is 0 Å². The average Bonchev–Trinajstić information content (AvgIpc) is 2.52. The molecule has 1 saturated carbocycles. The Morgan fingerprint density at radius 3 is 2.83 bits per heavy atom. The highest BCUT2D eigenvalue weighted by Gasteiger charge is 2.31. The SMILES string of the molecule is COc1ccccc1NC(=O)C[C@H](C)[NH2+][C@@H]1CCC[C@H](C)[C@H]1C. The summed E-state index contributed by atoms with van der Waals surface area (Å²) in [4.78, 5) is 12.3. The zero-order valence-corrected chi connectivity index (χ0v) is 14.8. The molecule has 23 heavy (non-hydrogen) atoms. The third-order valence-corrected chi connectivity index (χ3v) is 5.23. The minimum absolute atomic E-state index is 0.0507. The minimum Gasteiger partial charge on any atom is -0.495 e.